The molecule has 1 heterocycles. The topological polar surface area (TPSA) is 35.5 Å². The number of nitrogens with zero attached hydrogens (tertiary/aromatic N) is 1. The van der Waals surface area contributed by atoms with Crippen molar-refractivity contribution in [1.82, 2.24) is 10.2 Å². The van der Waals surface area contributed by atoms with Crippen molar-refractivity contribution >= 4 is 11.6 Å². The molecule has 0 aliphatic carbocycles. The molecule has 1 atom stereocenters. The molecule has 0 radical (unpaired) electrons. The smallest absolute Gasteiger partial charge is 0.0460 e. The van der Waals surface area contributed by atoms with E-state index < -0.39 is 0 Å². The molecule has 1 saturated heterocycles. The van der Waals surface area contributed by atoms with Crippen LogP contribution in [0.15, 0.2) is 24.3 Å². The van der Waals surface area contributed by atoms with E-state index in [0.29, 0.717) is 18.6 Å². The van der Waals surface area contributed by atoms with Gasteiger partial charge in [0.05, 0.1) is 0 Å². The highest BCUT2D eigenvalue weighted by Crippen LogP contribution is 2.21. The van der Waals surface area contributed by atoms with Gasteiger partial charge in [0.2, 0.25) is 0 Å². The Morgan fingerprint density at radius 3 is 2.50 bits per heavy atom. The van der Waals surface area contributed by atoms with Crippen molar-refractivity contribution < 1.29 is 5.11 Å². The molecule has 1 aromatic rings. The summed E-state index contributed by atoms with van der Waals surface area (Å²) in [6, 6.07) is 8.48. The van der Waals surface area contributed by atoms with E-state index in [2.05, 4.69) is 22.3 Å². The average Bonchev–Trinajstić information content (AvgIpc) is 2.50. The van der Waals surface area contributed by atoms with Crippen LogP contribution in [0.1, 0.15) is 30.9 Å². The fourth-order valence-electron chi connectivity index (χ4n) is 2.88. The SMILES string of the molecule is CNC(CCN1CCC(CO)CC1)c1ccc(Cl)cc1. The number of likely N-dealkylation sites (tertiary alicyclic amines) is 1. The Bertz CT molecular complexity index is 388. The second kappa shape index (κ2) is 7.99. The quantitative estimate of drug-likeness (QED) is 0.847. The van der Waals surface area contributed by atoms with Gasteiger partial charge in [-0.1, -0.05) is 23.7 Å². The van der Waals surface area contributed by atoms with E-state index in [1.807, 2.05) is 19.2 Å². The van der Waals surface area contributed by atoms with Gasteiger partial charge in [0.25, 0.3) is 0 Å². The van der Waals surface area contributed by atoms with Crippen LogP contribution in [0.4, 0.5) is 0 Å². The summed E-state index contributed by atoms with van der Waals surface area (Å²) < 4.78 is 0. The number of hydrogen-bond acceptors (Lipinski definition) is 3. The molecule has 0 amide bonds. The molecule has 0 aromatic heterocycles. The second-order valence-electron chi connectivity index (χ2n) is 5.65. The first-order valence-corrected chi connectivity index (χ1v) is 7.86. The number of piperidine rings is 1. The van der Waals surface area contributed by atoms with E-state index >= 15 is 0 Å². The fourth-order valence-corrected chi connectivity index (χ4v) is 3.00. The standard InChI is InChI=1S/C16H25ClN2O/c1-18-16(14-2-4-15(17)5-3-14)8-11-19-9-6-13(12-20)7-10-19/h2-5,13,16,18,20H,6-12H2,1H3. The van der Waals surface area contributed by atoms with E-state index in [9.17, 15) is 0 Å². The molecule has 1 aliphatic heterocycles. The first-order valence-electron chi connectivity index (χ1n) is 7.49. The maximum atomic E-state index is 9.17. The minimum absolute atomic E-state index is 0.345. The summed E-state index contributed by atoms with van der Waals surface area (Å²) in [6.07, 6.45) is 3.35. The van der Waals surface area contributed by atoms with Gasteiger partial charge in [-0.25, -0.2) is 0 Å². The van der Waals surface area contributed by atoms with Gasteiger partial charge in [-0.05, 0) is 69.6 Å². The van der Waals surface area contributed by atoms with Crippen LogP contribution < -0.4 is 5.32 Å². The second-order valence-corrected chi connectivity index (χ2v) is 6.09. The molecular formula is C16H25ClN2O. The zero-order valence-electron chi connectivity index (χ0n) is 12.2. The number of nitrogens with one attached hydrogen (secondary N) is 1. The Hall–Kier alpha value is -0.610. The molecule has 0 bridgehead atoms. The first kappa shape index (κ1) is 15.8. The van der Waals surface area contributed by atoms with Crippen molar-refractivity contribution in [3.05, 3.63) is 34.9 Å². The highest BCUT2D eigenvalue weighted by molar-refractivity contribution is 6.30. The monoisotopic (exact) mass is 296 g/mol. The van der Waals surface area contributed by atoms with Gasteiger partial charge in [0.15, 0.2) is 0 Å². The van der Waals surface area contributed by atoms with E-state index in [1.54, 1.807) is 0 Å². The third kappa shape index (κ3) is 4.45. The van der Waals surface area contributed by atoms with Crippen LogP contribution in [0, 0.1) is 5.92 Å². The van der Waals surface area contributed by atoms with E-state index in [-0.39, 0.29) is 0 Å². The highest BCUT2D eigenvalue weighted by Gasteiger charge is 2.19. The summed E-state index contributed by atoms with van der Waals surface area (Å²) in [5.41, 5.74) is 1.29. The van der Waals surface area contributed by atoms with Crippen molar-refractivity contribution in [2.75, 3.05) is 33.3 Å². The summed E-state index contributed by atoms with van der Waals surface area (Å²) in [5, 5.41) is 13.3. The third-order valence-electron chi connectivity index (χ3n) is 4.32. The molecule has 112 valence electrons. The zero-order chi connectivity index (χ0) is 14.4. The largest absolute Gasteiger partial charge is 0.396 e. The number of aliphatic hydroxyl groups is 1. The molecule has 1 aliphatic rings. The van der Waals surface area contributed by atoms with Gasteiger partial charge in [-0.3, -0.25) is 0 Å². The molecule has 3 nitrogen and oxygen atoms in total. The lowest BCUT2D eigenvalue weighted by atomic mass is 9.97. The lowest BCUT2D eigenvalue weighted by molar-refractivity contribution is 0.128. The molecule has 1 unspecified atom stereocenters. The van der Waals surface area contributed by atoms with Crippen molar-refractivity contribution in [2.45, 2.75) is 25.3 Å². The minimum atomic E-state index is 0.345. The lowest BCUT2D eigenvalue weighted by Gasteiger charge is -2.32. The third-order valence-corrected chi connectivity index (χ3v) is 4.57. The van der Waals surface area contributed by atoms with Crippen LogP contribution in [-0.2, 0) is 0 Å². The molecule has 20 heavy (non-hydrogen) atoms. The normalized spacial score (nSPS) is 19.1. The first-order chi connectivity index (χ1) is 9.72. The van der Waals surface area contributed by atoms with Crippen LogP contribution in [0.5, 0.6) is 0 Å². The molecule has 2 rings (SSSR count). The van der Waals surface area contributed by atoms with Crippen molar-refractivity contribution in [3.8, 4) is 0 Å². The molecular weight excluding hydrogens is 272 g/mol. The summed E-state index contributed by atoms with van der Waals surface area (Å²) in [6.45, 7) is 3.68. The lowest BCUT2D eigenvalue weighted by Crippen LogP contribution is -2.36. The molecule has 2 N–H and O–H groups in total. The van der Waals surface area contributed by atoms with E-state index in [4.69, 9.17) is 16.7 Å². The Morgan fingerprint density at radius 2 is 1.95 bits per heavy atom. The van der Waals surface area contributed by atoms with Crippen molar-refractivity contribution in [2.24, 2.45) is 5.92 Å². The fraction of sp³-hybridized carbons (Fsp3) is 0.625. The maximum absolute atomic E-state index is 9.17. The Balaban J connectivity index is 1.81. The molecule has 1 fully saturated rings. The molecule has 0 spiro atoms. The number of halogens is 1. The number of aliphatic hydroxyl groups excluding tert-OH is 1. The predicted molar refractivity (Wildman–Crippen MR) is 84.1 cm³/mol. The van der Waals surface area contributed by atoms with E-state index in [1.165, 1.54) is 5.56 Å². The Kier molecular flexibility index (Phi) is 6.30. The maximum Gasteiger partial charge on any atom is 0.0460 e. The van der Waals surface area contributed by atoms with Crippen LogP contribution >= 0.6 is 11.6 Å². The van der Waals surface area contributed by atoms with Gasteiger partial charge in [0.1, 0.15) is 0 Å². The highest BCUT2D eigenvalue weighted by atomic mass is 35.5. The predicted octanol–water partition coefficient (Wildman–Crippen LogP) is 2.69. The summed E-state index contributed by atoms with van der Waals surface area (Å²) in [7, 11) is 2.01. The number of benzene rings is 1. The van der Waals surface area contributed by atoms with Crippen molar-refractivity contribution in [1.29, 1.82) is 0 Å². The number of hydrogen-bond donors (Lipinski definition) is 2. The Morgan fingerprint density at radius 1 is 1.30 bits per heavy atom. The van der Waals surface area contributed by atoms with Gasteiger partial charge in [-0.2, -0.15) is 0 Å². The van der Waals surface area contributed by atoms with Gasteiger partial charge < -0.3 is 15.3 Å². The average molecular weight is 297 g/mol. The minimum Gasteiger partial charge on any atom is -0.396 e. The van der Waals surface area contributed by atoms with Crippen molar-refractivity contribution in [3.63, 3.8) is 0 Å². The summed E-state index contributed by atoms with van der Waals surface area (Å²) in [5.74, 6) is 0.516. The van der Waals surface area contributed by atoms with Gasteiger partial charge >= 0.3 is 0 Å². The van der Waals surface area contributed by atoms with Gasteiger partial charge in [-0.15, -0.1) is 0 Å². The van der Waals surface area contributed by atoms with Gasteiger partial charge in [0, 0.05) is 17.7 Å². The summed E-state index contributed by atoms with van der Waals surface area (Å²) in [4.78, 5) is 2.51. The molecule has 1 aromatic carbocycles. The van der Waals surface area contributed by atoms with Crippen LogP contribution in [0.25, 0.3) is 0 Å². The van der Waals surface area contributed by atoms with Crippen LogP contribution in [0.2, 0.25) is 5.02 Å². The zero-order valence-corrected chi connectivity index (χ0v) is 12.9. The van der Waals surface area contributed by atoms with Crippen LogP contribution in [-0.4, -0.2) is 43.3 Å². The van der Waals surface area contributed by atoms with E-state index in [0.717, 1.165) is 43.9 Å². The summed E-state index contributed by atoms with van der Waals surface area (Å²) >= 11 is 5.94. The Labute approximate surface area is 126 Å². The van der Waals surface area contributed by atoms with Crippen LogP contribution in [0.3, 0.4) is 0 Å². The number of rotatable bonds is 6. The molecule has 4 heteroatoms. The molecule has 0 saturated carbocycles.